The Morgan fingerprint density at radius 3 is 2.68 bits per heavy atom. The van der Waals surface area contributed by atoms with Crippen LogP contribution in [-0.2, 0) is 0 Å². The van der Waals surface area contributed by atoms with Crippen LogP contribution in [0.25, 0.3) is 15.3 Å². The highest BCUT2D eigenvalue weighted by molar-refractivity contribution is 9.10. The number of thiazole rings is 1. The molecule has 0 aliphatic carbocycles. The van der Waals surface area contributed by atoms with Gasteiger partial charge in [0.05, 0.1) is 27.6 Å². The van der Waals surface area contributed by atoms with Crippen LogP contribution in [0.3, 0.4) is 0 Å². The molecule has 3 aromatic heterocycles. The second-order valence-electron chi connectivity index (χ2n) is 8.20. The number of aromatic nitrogens is 3. The second kappa shape index (κ2) is 8.61. The summed E-state index contributed by atoms with van der Waals surface area (Å²) in [6.45, 7) is 2.09. The molecule has 1 aliphatic rings. The van der Waals surface area contributed by atoms with E-state index in [1.165, 1.54) is 4.70 Å². The molecule has 4 heterocycles. The minimum atomic E-state index is -0.110. The van der Waals surface area contributed by atoms with Gasteiger partial charge in [0.25, 0.3) is 0 Å². The van der Waals surface area contributed by atoms with E-state index in [0.29, 0.717) is 5.11 Å². The first-order chi connectivity index (χ1) is 16.6. The molecule has 34 heavy (non-hydrogen) atoms. The zero-order valence-corrected chi connectivity index (χ0v) is 21.4. The van der Waals surface area contributed by atoms with E-state index >= 15 is 0 Å². The molecule has 0 unspecified atom stereocenters. The third-order valence-electron chi connectivity index (χ3n) is 6.09. The number of nitrogens with zero attached hydrogens (tertiary/aromatic N) is 4. The van der Waals surface area contributed by atoms with Crippen LogP contribution in [0, 0.1) is 6.92 Å². The van der Waals surface area contributed by atoms with Gasteiger partial charge in [-0.2, -0.15) is 0 Å². The molecule has 8 heteroatoms. The lowest BCUT2D eigenvalue weighted by Crippen LogP contribution is -2.30. The van der Waals surface area contributed by atoms with Gasteiger partial charge in [-0.25, -0.2) is 4.98 Å². The van der Waals surface area contributed by atoms with Gasteiger partial charge in [-0.15, -0.1) is 0 Å². The Labute approximate surface area is 215 Å². The fourth-order valence-electron chi connectivity index (χ4n) is 4.48. The molecule has 0 amide bonds. The Morgan fingerprint density at radius 2 is 1.88 bits per heavy atom. The van der Waals surface area contributed by atoms with Crippen molar-refractivity contribution in [3.8, 4) is 5.13 Å². The maximum Gasteiger partial charge on any atom is 0.194 e. The largest absolute Gasteiger partial charge is 0.351 e. The van der Waals surface area contributed by atoms with Crippen LogP contribution in [0.2, 0.25) is 0 Å². The summed E-state index contributed by atoms with van der Waals surface area (Å²) >= 11 is 11.2. The van der Waals surface area contributed by atoms with Crippen molar-refractivity contribution >= 4 is 60.5 Å². The second-order valence-corrected chi connectivity index (χ2v) is 10.4. The number of para-hydroxylation sites is 1. The number of rotatable bonds is 4. The summed E-state index contributed by atoms with van der Waals surface area (Å²) in [6.07, 6.45) is 3.91. The average Bonchev–Trinajstić information content (AvgIpc) is 3.57. The number of hydrogen-bond acceptors (Lipinski definition) is 4. The molecule has 2 aromatic carbocycles. The third kappa shape index (κ3) is 3.62. The molecule has 0 spiro atoms. The van der Waals surface area contributed by atoms with Gasteiger partial charge in [-0.05, 0) is 79.3 Å². The van der Waals surface area contributed by atoms with Gasteiger partial charge in [0, 0.05) is 22.6 Å². The fourth-order valence-corrected chi connectivity index (χ4v) is 6.05. The van der Waals surface area contributed by atoms with Crippen LogP contribution in [0.5, 0.6) is 0 Å². The highest BCUT2D eigenvalue weighted by Crippen LogP contribution is 2.43. The van der Waals surface area contributed by atoms with Crippen LogP contribution >= 0.6 is 39.5 Å². The first kappa shape index (κ1) is 21.5. The van der Waals surface area contributed by atoms with E-state index in [1.807, 2.05) is 24.4 Å². The van der Waals surface area contributed by atoms with Crippen LogP contribution < -0.4 is 10.2 Å². The lowest BCUT2D eigenvalue weighted by molar-refractivity contribution is 0.549. The molecule has 1 N–H and O–H groups in total. The number of nitrogens with one attached hydrogen (secondary N) is 1. The van der Waals surface area contributed by atoms with Gasteiger partial charge in [-0.3, -0.25) is 9.55 Å². The van der Waals surface area contributed by atoms with E-state index in [1.54, 1.807) is 11.3 Å². The number of benzene rings is 2. The first-order valence-electron chi connectivity index (χ1n) is 10.9. The molecule has 0 saturated carbocycles. The van der Waals surface area contributed by atoms with E-state index < -0.39 is 0 Å². The summed E-state index contributed by atoms with van der Waals surface area (Å²) in [7, 11) is 0. The third-order valence-corrected chi connectivity index (χ3v) is 8.33. The van der Waals surface area contributed by atoms with Crippen LogP contribution in [0.1, 0.15) is 29.0 Å². The minimum absolute atomic E-state index is 0.106. The molecular formula is C26H20BrN5S2. The number of anilines is 1. The number of hydrogen-bond donors (Lipinski definition) is 1. The van der Waals surface area contributed by atoms with E-state index in [2.05, 4.69) is 103 Å². The minimum Gasteiger partial charge on any atom is -0.351 e. The van der Waals surface area contributed by atoms with Gasteiger partial charge >= 0.3 is 0 Å². The molecule has 1 saturated heterocycles. The Balaban J connectivity index is 1.52. The molecule has 1 fully saturated rings. The van der Waals surface area contributed by atoms with Crippen molar-refractivity contribution in [3.63, 3.8) is 0 Å². The standard InChI is InChI=1S/C26H20BrN5S2/c1-16-15-17(11-12-18(16)27)32-24(23(30-25(32)33)20-8-4-5-13-28-20)21-9-6-14-31(21)26-29-19-7-2-3-10-22(19)34-26/h2-15,23-24H,1H3,(H,30,33)/t23-,24-/m0/s1. The summed E-state index contributed by atoms with van der Waals surface area (Å²) in [5.74, 6) is 0. The number of aryl methyl sites for hydroxylation is 1. The highest BCUT2D eigenvalue weighted by atomic mass is 79.9. The van der Waals surface area contributed by atoms with Gasteiger partial charge < -0.3 is 10.2 Å². The summed E-state index contributed by atoms with van der Waals surface area (Å²) in [5, 5.41) is 5.17. The van der Waals surface area contributed by atoms with Crippen molar-refractivity contribution in [2.45, 2.75) is 19.0 Å². The van der Waals surface area contributed by atoms with E-state index in [-0.39, 0.29) is 12.1 Å². The highest BCUT2D eigenvalue weighted by Gasteiger charge is 2.42. The zero-order valence-electron chi connectivity index (χ0n) is 18.2. The van der Waals surface area contributed by atoms with Gasteiger partial charge in [0.2, 0.25) is 0 Å². The number of pyridine rings is 1. The van der Waals surface area contributed by atoms with Crippen molar-refractivity contribution in [3.05, 3.63) is 107 Å². The predicted molar refractivity (Wildman–Crippen MR) is 146 cm³/mol. The van der Waals surface area contributed by atoms with Gasteiger partial charge in [-0.1, -0.05) is 45.5 Å². The van der Waals surface area contributed by atoms with Gasteiger partial charge in [0.1, 0.15) is 6.04 Å². The summed E-state index contributed by atoms with van der Waals surface area (Å²) in [6, 6.07) is 24.6. The zero-order chi connectivity index (χ0) is 23.2. The monoisotopic (exact) mass is 545 g/mol. The summed E-state index contributed by atoms with van der Waals surface area (Å²) < 4.78 is 4.42. The van der Waals surface area contributed by atoms with Crippen molar-refractivity contribution in [1.29, 1.82) is 0 Å². The van der Waals surface area contributed by atoms with Crippen molar-refractivity contribution < 1.29 is 0 Å². The van der Waals surface area contributed by atoms with Crippen LogP contribution in [0.4, 0.5) is 5.69 Å². The van der Waals surface area contributed by atoms with E-state index in [9.17, 15) is 0 Å². The molecule has 0 radical (unpaired) electrons. The normalized spacial score (nSPS) is 17.9. The molecule has 1 aliphatic heterocycles. The molecule has 0 bridgehead atoms. The van der Waals surface area contributed by atoms with Crippen LogP contribution in [0.15, 0.2) is 89.7 Å². The topological polar surface area (TPSA) is 46.0 Å². The Morgan fingerprint density at radius 1 is 1.03 bits per heavy atom. The lowest BCUT2D eigenvalue weighted by Gasteiger charge is -2.29. The fraction of sp³-hybridized carbons (Fsp3) is 0.115. The van der Waals surface area contributed by atoms with E-state index in [0.717, 1.165) is 37.8 Å². The Bertz CT molecular complexity index is 1480. The van der Waals surface area contributed by atoms with Crippen LogP contribution in [-0.4, -0.2) is 19.6 Å². The first-order valence-corrected chi connectivity index (χ1v) is 12.9. The van der Waals surface area contributed by atoms with Crippen molar-refractivity contribution in [2.75, 3.05) is 4.90 Å². The molecule has 6 rings (SSSR count). The number of fused-ring (bicyclic) bond motifs is 1. The Kier molecular flexibility index (Phi) is 5.44. The maximum absolute atomic E-state index is 5.89. The molecular weight excluding hydrogens is 526 g/mol. The average molecular weight is 547 g/mol. The lowest BCUT2D eigenvalue weighted by atomic mass is 10.0. The van der Waals surface area contributed by atoms with Crippen molar-refractivity contribution in [1.82, 2.24) is 19.9 Å². The van der Waals surface area contributed by atoms with Crippen molar-refractivity contribution in [2.24, 2.45) is 0 Å². The molecule has 5 aromatic rings. The smallest absolute Gasteiger partial charge is 0.194 e. The summed E-state index contributed by atoms with van der Waals surface area (Å²) in [5.41, 5.74) is 5.25. The maximum atomic E-state index is 5.89. The Hall–Kier alpha value is -3.07. The number of thiocarbonyl (C=S) groups is 1. The quantitative estimate of drug-likeness (QED) is 0.253. The number of halogens is 1. The van der Waals surface area contributed by atoms with Gasteiger partial charge in [0.15, 0.2) is 10.2 Å². The predicted octanol–water partition coefficient (Wildman–Crippen LogP) is 6.73. The van der Waals surface area contributed by atoms with E-state index in [4.69, 9.17) is 17.2 Å². The molecule has 2 atom stereocenters. The SMILES string of the molecule is Cc1cc(N2C(=S)N[C@@H](c3ccccn3)[C@@H]2c2cccn2-c2nc3ccccc3s2)ccc1Br. The molecule has 5 nitrogen and oxygen atoms in total. The summed E-state index contributed by atoms with van der Waals surface area (Å²) in [4.78, 5) is 11.8. The molecule has 168 valence electrons.